The number of ether oxygens (including phenoxy) is 2. The van der Waals surface area contributed by atoms with Crippen LogP contribution in [0.15, 0.2) is 28.1 Å². The molecule has 2 N–H and O–H groups in total. The molecule has 1 aromatic heterocycles. The molecule has 0 spiro atoms. The first kappa shape index (κ1) is 20.9. The lowest BCUT2D eigenvalue weighted by Crippen LogP contribution is -2.11. The van der Waals surface area contributed by atoms with Crippen LogP contribution in [0.1, 0.15) is 38.4 Å². The van der Waals surface area contributed by atoms with Crippen molar-refractivity contribution in [1.29, 1.82) is 0 Å². The number of H-pyrrole nitrogens is 1. The molecule has 1 heterocycles. The summed E-state index contributed by atoms with van der Waals surface area (Å²) in [6, 6.07) is 4.35. The van der Waals surface area contributed by atoms with Gasteiger partial charge in [-0.05, 0) is 25.8 Å². The second-order valence-corrected chi connectivity index (χ2v) is 5.71. The quantitative estimate of drug-likeness (QED) is 0.363. The lowest BCUT2D eigenvalue weighted by Gasteiger charge is -2.12. The van der Waals surface area contributed by atoms with Crippen LogP contribution in [-0.4, -0.2) is 34.3 Å². The molecule has 28 heavy (non-hydrogen) atoms. The summed E-state index contributed by atoms with van der Waals surface area (Å²) in [6.45, 7) is 6.23. The first-order chi connectivity index (χ1) is 13.5. The minimum Gasteiger partial charge on any atom is -0.490 e. The molecule has 2 rings (SSSR count). The van der Waals surface area contributed by atoms with Crippen LogP contribution in [-0.2, 0) is 6.42 Å². The molecule has 0 atom stereocenters. The smallest absolute Gasteiger partial charge is 0.315 e. The van der Waals surface area contributed by atoms with E-state index in [9.17, 15) is 14.9 Å². The maximum absolute atomic E-state index is 11.6. The highest BCUT2D eigenvalue weighted by atomic mass is 16.6. The van der Waals surface area contributed by atoms with Crippen molar-refractivity contribution in [2.24, 2.45) is 5.10 Å². The van der Waals surface area contributed by atoms with Gasteiger partial charge in [0, 0.05) is 23.4 Å². The number of aryl methyl sites for hydroxylation is 1. The normalized spacial score (nSPS) is 10.8. The van der Waals surface area contributed by atoms with E-state index in [1.807, 2.05) is 13.8 Å². The number of hydrogen-bond donors (Lipinski definition) is 2. The molecule has 0 amide bonds. The zero-order valence-electron chi connectivity index (χ0n) is 16.0. The standard InChI is InChI=1S/C18H23N5O5/c1-4-7-28-17-14(23(25)26)8-12(9-15(17)27-6-3)11-19-22-18-20-13(5-2)10-16(24)21-18/h8-11H,4-7H2,1-3H3,(H2,20,21,22,24)/b19-11-. The number of aromatic amines is 1. The van der Waals surface area contributed by atoms with E-state index < -0.39 is 4.92 Å². The Labute approximate surface area is 161 Å². The summed E-state index contributed by atoms with van der Waals surface area (Å²) in [4.78, 5) is 29.2. The molecular formula is C18H23N5O5. The predicted molar refractivity (Wildman–Crippen MR) is 106 cm³/mol. The van der Waals surface area contributed by atoms with Gasteiger partial charge < -0.3 is 9.47 Å². The zero-order chi connectivity index (χ0) is 20.5. The Morgan fingerprint density at radius 2 is 2.07 bits per heavy atom. The number of hydrazone groups is 1. The van der Waals surface area contributed by atoms with Crippen molar-refractivity contribution in [3.63, 3.8) is 0 Å². The number of anilines is 1. The van der Waals surface area contributed by atoms with Gasteiger partial charge in [-0.3, -0.25) is 19.9 Å². The Morgan fingerprint density at radius 1 is 1.29 bits per heavy atom. The number of hydrogen-bond acceptors (Lipinski definition) is 8. The minimum atomic E-state index is -0.526. The Morgan fingerprint density at radius 3 is 2.71 bits per heavy atom. The number of nitrogens with zero attached hydrogens (tertiary/aromatic N) is 3. The van der Waals surface area contributed by atoms with Gasteiger partial charge in [-0.25, -0.2) is 10.4 Å². The molecule has 0 fully saturated rings. The monoisotopic (exact) mass is 389 g/mol. The largest absolute Gasteiger partial charge is 0.490 e. The van der Waals surface area contributed by atoms with Crippen molar-refractivity contribution in [2.45, 2.75) is 33.6 Å². The first-order valence-electron chi connectivity index (χ1n) is 8.95. The van der Waals surface area contributed by atoms with Crippen LogP contribution in [0.3, 0.4) is 0 Å². The predicted octanol–water partition coefficient (Wildman–Crippen LogP) is 2.87. The average Bonchev–Trinajstić information content (AvgIpc) is 2.66. The molecule has 0 aliphatic carbocycles. The molecule has 1 aromatic carbocycles. The van der Waals surface area contributed by atoms with Gasteiger partial charge in [0.25, 0.3) is 5.56 Å². The average molecular weight is 389 g/mol. The second-order valence-electron chi connectivity index (χ2n) is 5.71. The molecule has 2 aromatic rings. The minimum absolute atomic E-state index is 0.0976. The van der Waals surface area contributed by atoms with Gasteiger partial charge in [-0.1, -0.05) is 13.8 Å². The fourth-order valence-corrected chi connectivity index (χ4v) is 2.34. The molecular weight excluding hydrogens is 366 g/mol. The molecule has 0 saturated carbocycles. The number of benzene rings is 1. The molecule has 0 bridgehead atoms. The Kier molecular flexibility index (Phi) is 7.49. The Hall–Kier alpha value is -3.43. The van der Waals surface area contributed by atoms with Crippen LogP contribution in [0.25, 0.3) is 0 Å². The van der Waals surface area contributed by atoms with Crippen molar-refractivity contribution in [2.75, 3.05) is 18.6 Å². The van der Waals surface area contributed by atoms with E-state index >= 15 is 0 Å². The number of rotatable bonds is 10. The van der Waals surface area contributed by atoms with Gasteiger partial charge in [0.15, 0.2) is 5.75 Å². The van der Waals surface area contributed by atoms with E-state index in [0.717, 1.165) is 0 Å². The SMILES string of the molecule is CCCOc1c(OCC)cc(/C=N\Nc2nc(CC)cc(=O)[nH]2)cc1[N+](=O)[O-]. The molecule has 0 radical (unpaired) electrons. The highest BCUT2D eigenvalue weighted by molar-refractivity contribution is 5.83. The van der Waals surface area contributed by atoms with E-state index in [2.05, 4.69) is 20.5 Å². The summed E-state index contributed by atoms with van der Waals surface area (Å²) in [5.74, 6) is 0.551. The van der Waals surface area contributed by atoms with Gasteiger partial charge in [0.05, 0.1) is 24.4 Å². The van der Waals surface area contributed by atoms with Crippen molar-refractivity contribution >= 4 is 17.9 Å². The third-order valence-corrected chi connectivity index (χ3v) is 3.55. The van der Waals surface area contributed by atoms with Crippen LogP contribution in [0.4, 0.5) is 11.6 Å². The number of nitro groups is 1. The maximum atomic E-state index is 11.6. The van der Waals surface area contributed by atoms with Gasteiger partial charge in [-0.15, -0.1) is 0 Å². The lowest BCUT2D eigenvalue weighted by atomic mass is 10.2. The highest BCUT2D eigenvalue weighted by Gasteiger charge is 2.22. The first-order valence-corrected chi connectivity index (χ1v) is 8.95. The topological polar surface area (TPSA) is 132 Å². The summed E-state index contributed by atoms with van der Waals surface area (Å²) < 4.78 is 11.0. The van der Waals surface area contributed by atoms with E-state index in [4.69, 9.17) is 9.47 Å². The number of aromatic nitrogens is 2. The van der Waals surface area contributed by atoms with Crippen molar-refractivity contribution in [1.82, 2.24) is 9.97 Å². The Balaban J connectivity index is 2.31. The third-order valence-electron chi connectivity index (χ3n) is 3.55. The highest BCUT2D eigenvalue weighted by Crippen LogP contribution is 2.38. The van der Waals surface area contributed by atoms with Gasteiger partial charge in [0.1, 0.15) is 0 Å². The van der Waals surface area contributed by atoms with Crippen LogP contribution in [0.5, 0.6) is 11.5 Å². The summed E-state index contributed by atoms with van der Waals surface area (Å²) in [6.07, 6.45) is 2.68. The van der Waals surface area contributed by atoms with E-state index in [-0.39, 0.29) is 28.7 Å². The molecule has 10 nitrogen and oxygen atoms in total. The molecule has 0 aliphatic heterocycles. The fraction of sp³-hybridized carbons (Fsp3) is 0.389. The summed E-state index contributed by atoms with van der Waals surface area (Å²) >= 11 is 0. The van der Waals surface area contributed by atoms with Crippen LogP contribution < -0.4 is 20.5 Å². The molecule has 150 valence electrons. The third kappa shape index (κ3) is 5.53. The number of nitro benzene ring substituents is 1. The molecule has 0 saturated heterocycles. The zero-order valence-corrected chi connectivity index (χ0v) is 16.0. The molecule has 0 unspecified atom stereocenters. The summed E-state index contributed by atoms with van der Waals surface area (Å²) in [7, 11) is 0. The van der Waals surface area contributed by atoms with Crippen molar-refractivity contribution in [3.05, 3.63) is 49.9 Å². The fourth-order valence-electron chi connectivity index (χ4n) is 2.34. The lowest BCUT2D eigenvalue weighted by molar-refractivity contribution is -0.386. The van der Waals surface area contributed by atoms with E-state index in [1.54, 1.807) is 13.0 Å². The molecule has 10 heteroatoms. The van der Waals surface area contributed by atoms with Crippen LogP contribution in [0.2, 0.25) is 0 Å². The maximum Gasteiger partial charge on any atom is 0.315 e. The molecule has 0 aliphatic rings. The Bertz CT molecular complexity index is 910. The van der Waals surface area contributed by atoms with Gasteiger partial charge in [0.2, 0.25) is 11.7 Å². The van der Waals surface area contributed by atoms with Gasteiger partial charge >= 0.3 is 5.69 Å². The summed E-state index contributed by atoms with van der Waals surface area (Å²) in [5.41, 5.74) is 3.17. The van der Waals surface area contributed by atoms with Crippen LogP contribution >= 0.6 is 0 Å². The van der Waals surface area contributed by atoms with Crippen LogP contribution in [0, 0.1) is 10.1 Å². The van der Waals surface area contributed by atoms with Gasteiger partial charge in [-0.2, -0.15) is 5.10 Å². The number of nitrogens with one attached hydrogen (secondary N) is 2. The summed E-state index contributed by atoms with van der Waals surface area (Å²) in [5, 5.41) is 15.5. The van der Waals surface area contributed by atoms with E-state index in [1.165, 1.54) is 18.3 Å². The van der Waals surface area contributed by atoms with Crippen molar-refractivity contribution in [3.8, 4) is 11.5 Å². The van der Waals surface area contributed by atoms with Crippen molar-refractivity contribution < 1.29 is 14.4 Å². The van der Waals surface area contributed by atoms with E-state index in [0.29, 0.717) is 37.3 Å². The second kappa shape index (κ2) is 10.0.